The number of hydrogen-bond donors (Lipinski definition) is 2. The highest BCUT2D eigenvalue weighted by Gasteiger charge is 2.47. The van der Waals surface area contributed by atoms with Crippen molar-refractivity contribution in [2.45, 2.75) is 18.1 Å². The lowest BCUT2D eigenvalue weighted by Crippen LogP contribution is -2.64. The Balaban J connectivity index is 1.64. The molecular formula is C22H28N4O3. The first-order valence-corrected chi connectivity index (χ1v) is 10.2. The molecule has 2 fully saturated rings. The molecule has 29 heavy (non-hydrogen) atoms. The standard InChI is InChI=1S/C22H28N4O3/c1-24-12-14-25(15-13-24)19-16-26(21(28)18-8-5-10-23-20(18)27)11-9-22(19,29)17-6-3-2-4-7-17/h2-8,10,19,29H,9,11-16H2,1H3,(H,23,27)/t19-,22+/m1/s1. The zero-order valence-corrected chi connectivity index (χ0v) is 16.8. The molecule has 2 aliphatic heterocycles. The fourth-order valence-electron chi connectivity index (χ4n) is 4.48. The quantitative estimate of drug-likeness (QED) is 0.800. The van der Waals surface area contributed by atoms with Crippen molar-refractivity contribution < 1.29 is 9.90 Å². The number of nitrogens with zero attached hydrogens (tertiary/aromatic N) is 3. The van der Waals surface area contributed by atoms with Gasteiger partial charge in [-0.2, -0.15) is 0 Å². The van der Waals surface area contributed by atoms with Gasteiger partial charge in [0.25, 0.3) is 11.5 Å². The van der Waals surface area contributed by atoms with E-state index in [2.05, 4.69) is 21.8 Å². The molecule has 0 bridgehead atoms. The highest BCUT2D eigenvalue weighted by molar-refractivity contribution is 5.93. The average molecular weight is 396 g/mol. The first-order chi connectivity index (χ1) is 14.0. The van der Waals surface area contributed by atoms with Crippen LogP contribution < -0.4 is 5.56 Å². The third kappa shape index (κ3) is 3.85. The van der Waals surface area contributed by atoms with Gasteiger partial charge in [-0.15, -0.1) is 0 Å². The fraction of sp³-hybridized carbons (Fsp3) is 0.455. The van der Waals surface area contributed by atoms with Crippen LogP contribution in [0.4, 0.5) is 0 Å². The summed E-state index contributed by atoms with van der Waals surface area (Å²) >= 11 is 0. The molecule has 0 aliphatic carbocycles. The molecule has 3 heterocycles. The summed E-state index contributed by atoms with van der Waals surface area (Å²) in [5.41, 5.74) is -0.377. The van der Waals surface area contributed by atoms with Crippen molar-refractivity contribution in [2.24, 2.45) is 0 Å². The predicted molar refractivity (Wildman–Crippen MR) is 111 cm³/mol. The number of benzene rings is 1. The lowest BCUT2D eigenvalue weighted by atomic mass is 9.79. The topological polar surface area (TPSA) is 79.9 Å². The second-order valence-electron chi connectivity index (χ2n) is 8.06. The molecule has 2 N–H and O–H groups in total. The number of aromatic amines is 1. The maximum Gasteiger partial charge on any atom is 0.260 e. The number of amides is 1. The van der Waals surface area contributed by atoms with E-state index in [1.807, 2.05) is 30.3 Å². The van der Waals surface area contributed by atoms with E-state index in [-0.39, 0.29) is 23.1 Å². The number of aromatic nitrogens is 1. The van der Waals surface area contributed by atoms with Crippen LogP contribution in [0.1, 0.15) is 22.3 Å². The number of pyridine rings is 1. The molecule has 2 saturated heterocycles. The van der Waals surface area contributed by atoms with Crippen LogP contribution in [0.2, 0.25) is 0 Å². The van der Waals surface area contributed by atoms with Gasteiger partial charge in [0.15, 0.2) is 0 Å². The number of nitrogens with one attached hydrogen (secondary N) is 1. The van der Waals surface area contributed by atoms with E-state index in [0.717, 1.165) is 31.7 Å². The number of piperazine rings is 1. The number of piperidine rings is 1. The molecule has 1 amide bonds. The SMILES string of the molecule is CN1CCN([C@@H]2CN(C(=O)c3ccc[nH]c3=O)CC[C@]2(O)c2ccccc2)CC1. The van der Waals surface area contributed by atoms with Crippen LogP contribution in [0.5, 0.6) is 0 Å². The van der Waals surface area contributed by atoms with Crippen molar-refractivity contribution in [3.8, 4) is 0 Å². The molecule has 7 heteroatoms. The number of hydrogen-bond acceptors (Lipinski definition) is 5. The third-order valence-electron chi connectivity index (χ3n) is 6.30. The summed E-state index contributed by atoms with van der Waals surface area (Å²) in [6, 6.07) is 12.7. The molecule has 2 atom stereocenters. The summed E-state index contributed by atoms with van der Waals surface area (Å²) in [5, 5.41) is 11.8. The Kier molecular flexibility index (Phi) is 5.54. The van der Waals surface area contributed by atoms with Crippen molar-refractivity contribution in [3.05, 3.63) is 70.1 Å². The van der Waals surface area contributed by atoms with Gasteiger partial charge >= 0.3 is 0 Å². The van der Waals surface area contributed by atoms with Crippen LogP contribution in [-0.2, 0) is 5.60 Å². The maximum absolute atomic E-state index is 13.0. The van der Waals surface area contributed by atoms with E-state index in [1.54, 1.807) is 17.0 Å². The fourth-order valence-corrected chi connectivity index (χ4v) is 4.48. The highest BCUT2D eigenvalue weighted by Crippen LogP contribution is 2.36. The van der Waals surface area contributed by atoms with Crippen LogP contribution in [0.25, 0.3) is 0 Å². The van der Waals surface area contributed by atoms with Gasteiger partial charge in [0.2, 0.25) is 0 Å². The van der Waals surface area contributed by atoms with Crippen LogP contribution in [0.15, 0.2) is 53.5 Å². The van der Waals surface area contributed by atoms with E-state index >= 15 is 0 Å². The van der Waals surface area contributed by atoms with Gasteiger partial charge in [-0.05, 0) is 31.2 Å². The smallest absolute Gasteiger partial charge is 0.260 e. The zero-order valence-electron chi connectivity index (χ0n) is 16.8. The van der Waals surface area contributed by atoms with Gasteiger partial charge in [0, 0.05) is 45.5 Å². The van der Waals surface area contributed by atoms with Crippen molar-refractivity contribution in [2.75, 3.05) is 46.3 Å². The molecule has 2 aliphatic rings. The van der Waals surface area contributed by atoms with E-state index in [4.69, 9.17) is 0 Å². The molecule has 7 nitrogen and oxygen atoms in total. The summed E-state index contributed by atoms with van der Waals surface area (Å²) in [5.74, 6) is -0.277. The minimum atomic E-state index is -1.03. The van der Waals surface area contributed by atoms with Gasteiger partial charge in [-0.1, -0.05) is 30.3 Å². The molecule has 0 saturated carbocycles. The van der Waals surface area contributed by atoms with E-state index in [1.165, 1.54) is 6.20 Å². The summed E-state index contributed by atoms with van der Waals surface area (Å²) in [6.07, 6.45) is 1.96. The normalized spacial score (nSPS) is 26.4. The minimum Gasteiger partial charge on any atom is -0.383 e. The largest absolute Gasteiger partial charge is 0.383 e. The predicted octanol–water partition coefficient (Wildman–Crippen LogP) is 0.725. The van der Waals surface area contributed by atoms with Crippen molar-refractivity contribution in [1.82, 2.24) is 19.7 Å². The first kappa shape index (κ1) is 19.8. The summed E-state index contributed by atoms with van der Waals surface area (Å²) in [7, 11) is 2.10. The number of likely N-dealkylation sites (tertiary alicyclic amines) is 1. The summed E-state index contributed by atoms with van der Waals surface area (Å²) in [4.78, 5) is 34.0. The van der Waals surface area contributed by atoms with E-state index in [9.17, 15) is 14.7 Å². The van der Waals surface area contributed by atoms with Gasteiger partial charge in [0.1, 0.15) is 11.2 Å². The van der Waals surface area contributed by atoms with Gasteiger partial charge in [-0.25, -0.2) is 0 Å². The van der Waals surface area contributed by atoms with Crippen molar-refractivity contribution in [1.29, 1.82) is 0 Å². The Labute approximate surface area is 170 Å². The lowest BCUT2D eigenvalue weighted by molar-refractivity contribution is -0.101. The minimum absolute atomic E-state index is 0.148. The Hall–Kier alpha value is -2.48. The van der Waals surface area contributed by atoms with Gasteiger partial charge < -0.3 is 19.9 Å². The first-order valence-electron chi connectivity index (χ1n) is 10.2. The monoisotopic (exact) mass is 396 g/mol. The second-order valence-corrected chi connectivity index (χ2v) is 8.06. The molecule has 2 aromatic rings. The molecule has 154 valence electrons. The number of carbonyl (C=O) groups is 1. The number of carbonyl (C=O) groups excluding carboxylic acids is 1. The number of rotatable bonds is 3. The Bertz CT molecular complexity index is 908. The van der Waals surface area contributed by atoms with Gasteiger partial charge in [-0.3, -0.25) is 14.5 Å². The summed E-state index contributed by atoms with van der Waals surface area (Å²) < 4.78 is 0. The Morgan fingerprint density at radius 3 is 2.48 bits per heavy atom. The molecular weight excluding hydrogens is 368 g/mol. The number of aliphatic hydroxyl groups is 1. The number of H-pyrrole nitrogens is 1. The lowest BCUT2D eigenvalue weighted by Gasteiger charge is -2.51. The molecule has 0 spiro atoms. The van der Waals surface area contributed by atoms with Crippen molar-refractivity contribution in [3.63, 3.8) is 0 Å². The third-order valence-corrected chi connectivity index (χ3v) is 6.30. The van der Waals surface area contributed by atoms with Crippen LogP contribution in [0, 0.1) is 0 Å². The van der Waals surface area contributed by atoms with Crippen LogP contribution in [0.3, 0.4) is 0 Å². The molecule has 1 aromatic heterocycles. The Morgan fingerprint density at radius 2 is 1.79 bits per heavy atom. The average Bonchev–Trinajstić information content (AvgIpc) is 2.75. The second kappa shape index (κ2) is 8.10. The molecule has 1 aromatic carbocycles. The Morgan fingerprint density at radius 1 is 1.07 bits per heavy atom. The van der Waals surface area contributed by atoms with Crippen LogP contribution >= 0.6 is 0 Å². The zero-order chi connectivity index (χ0) is 20.4. The summed E-state index contributed by atoms with van der Waals surface area (Å²) in [6.45, 7) is 4.32. The van der Waals surface area contributed by atoms with E-state index < -0.39 is 5.60 Å². The number of likely N-dealkylation sites (N-methyl/N-ethyl adjacent to an activating group) is 1. The highest BCUT2D eigenvalue weighted by atomic mass is 16.3. The molecule has 0 radical (unpaired) electrons. The van der Waals surface area contributed by atoms with Crippen molar-refractivity contribution >= 4 is 5.91 Å². The van der Waals surface area contributed by atoms with Crippen LogP contribution in [-0.4, -0.2) is 83.1 Å². The van der Waals surface area contributed by atoms with Gasteiger partial charge in [0.05, 0.1) is 6.04 Å². The maximum atomic E-state index is 13.0. The molecule has 0 unspecified atom stereocenters. The van der Waals surface area contributed by atoms with E-state index in [0.29, 0.717) is 19.5 Å². The molecule has 4 rings (SSSR count).